The second-order valence-electron chi connectivity index (χ2n) is 6.38. The number of amides is 1. The van der Waals surface area contributed by atoms with E-state index < -0.39 is 5.82 Å². The van der Waals surface area contributed by atoms with Crippen LogP contribution in [0.25, 0.3) is 0 Å². The van der Waals surface area contributed by atoms with Crippen LogP contribution < -0.4 is 9.47 Å². The fourth-order valence-corrected chi connectivity index (χ4v) is 3.41. The van der Waals surface area contributed by atoms with Crippen molar-refractivity contribution in [2.45, 2.75) is 6.54 Å². The smallest absolute Gasteiger partial charge is 0.254 e. The molecular weight excluding hydrogens is 415 g/mol. The second kappa shape index (κ2) is 8.71. The van der Waals surface area contributed by atoms with E-state index in [2.05, 4.69) is 20.8 Å². The highest BCUT2D eigenvalue weighted by molar-refractivity contribution is 9.10. The van der Waals surface area contributed by atoms with E-state index in [4.69, 9.17) is 9.47 Å². The van der Waals surface area contributed by atoms with Crippen LogP contribution in [0.2, 0.25) is 0 Å². The zero-order valence-corrected chi connectivity index (χ0v) is 17.0. The molecule has 0 aliphatic carbocycles. The zero-order chi connectivity index (χ0) is 19.4. The highest BCUT2D eigenvalue weighted by Gasteiger charge is 2.23. The molecule has 1 aliphatic rings. The Balaban J connectivity index is 1.62. The molecule has 7 heteroatoms. The summed E-state index contributed by atoms with van der Waals surface area (Å²) in [7, 11) is 3.29. The molecule has 0 aromatic heterocycles. The van der Waals surface area contributed by atoms with Crippen molar-refractivity contribution in [2.24, 2.45) is 0 Å². The molecule has 27 heavy (non-hydrogen) atoms. The molecular formula is C20H22BrFN2O3. The molecule has 5 nitrogen and oxygen atoms in total. The van der Waals surface area contributed by atoms with Crippen LogP contribution in [0.5, 0.6) is 11.5 Å². The zero-order valence-electron chi connectivity index (χ0n) is 15.4. The van der Waals surface area contributed by atoms with Crippen LogP contribution in [0.15, 0.2) is 40.9 Å². The van der Waals surface area contributed by atoms with Crippen molar-refractivity contribution in [1.29, 1.82) is 0 Å². The summed E-state index contributed by atoms with van der Waals surface area (Å²) in [5, 5.41) is 0. The number of ether oxygens (including phenoxy) is 2. The summed E-state index contributed by atoms with van der Waals surface area (Å²) in [6.45, 7) is 3.40. The first-order valence-electron chi connectivity index (χ1n) is 8.69. The van der Waals surface area contributed by atoms with Crippen molar-refractivity contribution >= 4 is 21.8 Å². The summed E-state index contributed by atoms with van der Waals surface area (Å²) in [6, 6.07) is 10.2. The fourth-order valence-electron chi connectivity index (χ4n) is 3.17. The molecule has 1 fully saturated rings. The van der Waals surface area contributed by atoms with E-state index in [1.807, 2.05) is 18.2 Å². The quantitative estimate of drug-likeness (QED) is 0.718. The number of methoxy groups -OCH3 is 2. The minimum Gasteiger partial charge on any atom is -0.497 e. The van der Waals surface area contributed by atoms with Crippen molar-refractivity contribution in [2.75, 3.05) is 40.4 Å². The van der Waals surface area contributed by atoms with Crippen molar-refractivity contribution in [3.05, 3.63) is 57.8 Å². The minimum absolute atomic E-state index is 0.139. The second-order valence-corrected chi connectivity index (χ2v) is 7.23. The molecule has 144 valence electrons. The van der Waals surface area contributed by atoms with E-state index in [1.54, 1.807) is 31.3 Å². The molecule has 2 aromatic rings. The Morgan fingerprint density at radius 3 is 2.44 bits per heavy atom. The predicted octanol–water partition coefficient (Wildman–Crippen LogP) is 3.56. The molecule has 0 bridgehead atoms. The number of carbonyl (C=O) groups excluding carboxylic acids is 1. The van der Waals surface area contributed by atoms with Crippen LogP contribution in [-0.4, -0.2) is 56.1 Å². The van der Waals surface area contributed by atoms with Crippen molar-refractivity contribution in [1.82, 2.24) is 9.80 Å². The topological polar surface area (TPSA) is 42.0 Å². The number of hydrogen-bond acceptors (Lipinski definition) is 4. The van der Waals surface area contributed by atoms with Gasteiger partial charge in [0.05, 0.1) is 18.7 Å². The number of carbonyl (C=O) groups is 1. The molecule has 2 aromatic carbocycles. The lowest BCUT2D eigenvalue weighted by atomic mass is 10.1. The Hall–Kier alpha value is -2.12. The summed E-state index contributed by atoms with van der Waals surface area (Å²) >= 11 is 3.11. The average Bonchev–Trinajstić information content (AvgIpc) is 2.70. The molecule has 1 saturated heterocycles. The van der Waals surface area contributed by atoms with Crippen molar-refractivity contribution in [3.8, 4) is 11.5 Å². The van der Waals surface area contributed by atoms with Gasteiger partial charge in [-0.3, -0.25) is 9.69 Å². The van der Waals surface area contributed by atoms with Gasteiger partial charge >= 0.3 is 0 Å². The van der Waals surface area contributed by atoms with E-state index in [1.165, 1.54) is 6.07 Å². The van der Waals surface area contributed by atoms with Crippen molar-refractivity contribution < 1.29 is 18.7 Å². The number of benzene rings is 2. The highest BCUT2D eigenvalue weighted by Crippen LogP contribution is 2.26. The van der Waals surface area contributed by atoms with Gasteiger partial charge in [-0.25, -0.2) is 4.39 Å². The number of piperazine rings is 1. The SMILES string of the molecule is COc1ccc(OC)c(CN2CCN(C(=O)c3ccc(Br)c(F)c3)CC2)c1. The van der Waals surface area contributed by atoms with Gasteiger partial charge < -0.3 is 14.4 Å². The molecule has 1 amide bonds. The number of halogens is 2. The average molecular weight is 437 g/mol. The van der Waals surface area contributed by atoms with E-state index in [0.29, 0.717) is 23.1 Å². The standard InChI is InChI=1S/C20H22BrFN2O3/c1-26-16-4-6-19(27-2)15(11-16)13-23-7-9-24(10-8-23)20(25)14-3-5-17(21)18(22)12-14/h3-6,11-12H,7-10,13H2,1-2H3. The molecule has 0 spiro atoms. The van der Waals surface area contributed by atoms with Crippen LogP contribution in [0, 0.1) is 5.82 Å². The Morgan fingerprint density at radius 1 is 1.07 bits per heavy atom. The normalized spacial score (nSPS) is 14.9. The Labute approximate surface area is 166 Å². The largest absolute Gasteiger partial charge is 0.497 e. The van der Waals surface area contributed by atoms with Gasteiger partial charge in [0.2, 0.25) is 0 Å². The lowest BCUT2D eigenvalue weighted by Crippen LogP contribution is -2.48. The maximum atomic E-state index is 13.7. The third kappa shape index (κ3) is 4.59. The summed E-state index contributed by atoms with van der Waals surface area (Å²) in [5.41, 5.74) is 1.42. The lowest BCUT2D eigenvalue weighted by Gasteiger charge is -2.35. The van der Waals surface area contributed by atoms with Crippen LogP contribution in [-0.2, 0) is 6.54 Å². The third-order valence-electron chi connectivity index (χ3n) is 4.71. The number of nitrogens with zero attached hydrogens (tertiary/aromatic N) is 2. The molecule has 0 radical (unpaired) electrons. The molecule has 3 rings (SSSR count). The summed E-state index contributed by atoms with van der Waals surface area (Å²) in [6.07, 6.45) is 0. The fraction of sp³-hybridized carbons (Fsp3) is 0.350. The Bertz CT molecular complexity index is 823. The first kappa shape index (κ1) is 19.6. The summed E-state index contributed by atoms with van der Waals surface area (Å²) in [5.74, 6) is 1.04. The molecule has 0 atom stereocenters. The summed E-state index contributed by atoms with van der Waals surface area (Å²) < 4.78 is 24.8. The van der Waals surface area contributed by atoms with Crippen LogP contribution in [0.4, 0.5) is 4.39 Å². The van der Waals surface area contributed by atoms with Gasteiger partial charge in [-0.15, -0.1) is 0 Å². The van der Waals surface area contributed by atoms with Gasteiger partial charge in [0, 0.05) is 43.9 Å². The third-order valence-corrected chi connectivity index (χ3v) is 5.35. The maximum Gasteiger partial charge on any atom is 0.254 e. The number of hydrogen-bond donors (Lipinski definition) is 0. The monoisotopic (exact) mass is 436 g/mol. The molecule has 1 aliphatic heterocycles. The van der Waals surface area contributed by atoms with Gasteiger partial charge in [-0.2, -0.15) is 0 Å². The van der Waals surface area contributed by atoms with Gasteiger partial charge in [0.15, 0.2) is 0 Å². The predicted molar refractivity (Wildman–Crippen MR) is 105 cm³/mol. The van der Waals surface area contributed by atoms with Crippen molar-refractivity contribution in [3.63, 3.8) is 0 Å². The van der Waals surface area contributed by atoms with Gasteiger partial charge in [-0.1, -0.05) is 0 Å². The molecule has 0 N–H and O–H groups in total. The first-order valence-corrected chi connectivity index (χ1v) is 9.48. The van der Waals surface area contributed by atoms with Gasteiger partial charge in [0.25, 0.3) is 5.91 Å². The van der Waals surface area contributed by atoms with E-state index in [9.17, 15) is 9.18 Å². The van der Waals surface area contributed by atoms with Crippen LogP contribution in [0.1, 0.15) is 15.9 Å². The van der Waals surface area contributed by atoms with E-state index in [0.717, 1.165) is 36.7 Å². The van der Waals surface area contributed by atoms with E-state index >= 15 is 0 Å². The minimum atomic E-state index is -0.426. The Morgan fingerprint density at radius 2 is 1.81 bits per heavy atom. The lowest BCUT2D eigenvalue weighted by molar-refractivity contribution is 0.0627. The van der Waals surface area contributed by atoms with E-state index in [-0.39, 0.29) is 5.91 Å². The highest BCUT2D eigenvalue weighted by atomic mass is 79.9. The molecule has 0 unspecified atom stereocenters. The van der Waals surface area contributed by atoms with Crippen LogP contribution in [0.3, 0.4) is 0 Å². The van der Waals surface area contributed by atoms with Crippen LogP contribution >= 0.6 is 15.9 Å². The maximum absolute atomic E-state index is 13.7. The summed E-state index contributed by atoms with van der Waals surface area (Å²) in [4.78, 5) is 16.6. The first-order chi connectivity index (χ1) is 13.0. The van der Waals surface area contributed by atoms with Gasteiger partial charge in [0.1, 0.15) is 17.3 Å². The Kier molecular flexibility index (Phi) is 6.34. The number of rotatable bonds is 5. The van der Waals surface area contributed by atoms with Gasteiger partial charge in [-0.05, 0) is 52.3 Å². The molecule has 0 saturated carbocycles. The molecule has 1 heterocycles.